The van der Waals surface area contributed by atoms with Gasteiger partial charge in [0.2, 0.25) is 0 Å². The number of nitrogens with zero attached hydrogens (tertiary/aromatic N) is 3. The molecule has 0 aliphatic carbocycles. The zero-order valence-corrected chi connectivity index (χ0v) is 16.3. The first-order chi connectivity index (χ1) is 13.7. The molecule has 154 valence electrons. The lowest BCUT2D eigenvalue weighted by Crippen LogP contribution is -2.32. The number of amides is 2. The molecule has 0 unspecified atom stereocenters. The highest BCUT2D eigenvalue weighted by molar-refractivity contribution is 6.32. The Bertz CT molecular complexity index is 942. The summed E-state index contributed by atoms with van der Waals surface area (Å²) in [4.78, 5) is 45.8. The van der Waals surface area contributed by atoms with Gasteiger partial charge >= 0.3 is 5.97 Å². The standard InChI is InChI=1S/C17H18ClN5O6/c1-10(2)22-14(5-6-20-22)21-15(24)9-29-16(25)8-19-17(26)11-3-4-12(18)13(7-11)23(27)28/h3-7,10H,8-9H2,1-2H3,(H,19,26)(H,21,24). The third-order valence-electron chi connectivity index (χ3n) is 3.59. The van der Waals surface area contributed by atoms with Crippen LogP contribution in [0.1, 0.15) is 30.2 Å². The molecular formula is C17H18ClN5O6. The number of esters is 1. The maximum absolute atomic E-state index is 12.0. The van der Waals surface area contributed by atoms with Crippen LogP contribution in [-0.4, -0.2) is 45.6 Å². The molecule has 0 fully saturated rings. The number of hydrogen-bond donors (Lipinski definition) is 2. The molecule has 11 nitrogen and oxygen atoms in total. The number of carbonyl (C=O) groups is 3. The summed E-state index contributed by atoms with van der Waals surface area (Å²) in [5.74, 6) is -1.69. The van der Waals surface area contributed by atoms with E-state index in [1.807, 2.05) is 13.8 Å². The third-order valence-corrected chi connectivity index (χ3v) is 3.91. The largest absolute Gasteiger partial charge is 0.454 e. The maximum atomic E-state index is 12.0. The number of hydrogen-bond acceptors (Lipinski definition) is 7. The van der Waals surface area contributed by atoms with Crippen LogP contribution in [0.15, 0.2) is 30.5 Å². The minimum absolute atomic E-state index is 0.0294. The van der Waals surface area contributed by atoms with E-state index < -0.39 is 41.5 Å². The Morgan fingerprint density at radius 1 is 1.31 bits per heavy atom. The predicted octanol–water partition coefficient (Wildman–Crippen LogP) is 1.94. The molecule has 0 bridgehead atoms. The Balaban J connectivity index is 1.81. The third kappa shape index (κ3) is 6.01. The van der Waals surface area contributed by atoms with E-state index in [-0.39, 0.29) is 16.6 Å². The second kappa shape index (κ2) is 9.64. The van der Waals surface area contributed by atoms with E-state index in [1.54, 1.807) is 10.7 Å². The van der Waals surface area contributed by atoms with Crippen molar-refractivity contribution in [3.05, 3.63) is 51.2 Å². The average molecular weight is 424 g/mol. The molecule has 2 amide bonds. The maximum Gasteiger partial charge on any atom is 0.325 e. The first-order valence-electron chi connectivity index (χ1n) is 8.40. The highest BCUT2D eigenvalue weighted by Gasteiger charge is 2.17. The fourth-order valence-electron chi connectivity index (χ4n) is 2.25. The van der Waals surface area contributed by atoms with Crippen molar-refractivity contribution in [2.24, 2.45) is 0 Å². The number of carbonyl (C=O) groups excluding carboxylic acids is 3. The number of halogens is 1. The van der Waals surface area contributed by atoms with Crippen molar-refractivity contribution in [1.29, 1.82) is 0 Å². The first kappa shape index (κ1) is 21.8. The van der Waals surface area contributed by atoms with Crippen molar-refractivity contribution in [1.82, 2.24) is 15.1 Å². The van der Waals surface area contributed by atoms with Gasteiger partial charge < -0.3 is 15.4 Å². The van der Waals surface area contributed by atoms with Crippen molar-refractivity contribution in [2.75, 3.05) is 18.5 Å². The zero-order valence-electron chi connectivity index (χ0n) is 15.5. The van der Waals surface area contributed by atoms with Gasteiger partial charge in [-0.05, 0) is 26.0 Å². The summed E-state index contributed by atoms with van der Waals surface area (Å²) in [5.41, 5.74) is -0.479. The van der Waals surface area contributed by atoms with Crippen LogP contribution in [0.25, 0.3) is 0 Å². The quantitative estimate of drug-likeness (QED) is 0.374. The summed E-state index contributed by atoms with van der Waals surface area (Å²) in [6.07, 6.45) is 1.53. The van der Waals surface area contributed by atoms with E-state index in [9.17, 15) is 24.5 Å². The molecule has 0 aliphatic rings. The van der Waals surface area contributed by atoms with Crippen LogP contribution in [0.2, 0.25) is 5.02 Å². The van der Waals surface area contributed by atoms with Gasteiger partial charge in [-0.2, -0.15) is 5.10 Å². The van der Waals surface area contributed by atoms with E-state index in [2.05, 4.69) is 15.7 Å². The number of nitrogens with one attached hydrogen (secondary N) is 2. The molecule has 1 aromatic carbocycles. The Morgan fingerprint density at radius 2 is 2.03 bits per heavy atom. The molecule has 0 spiro atoms. The van der Waals surface area contributed by atoms with E-state index in [1.165, 1.54) is 18.3 Å². The van der Waals surface area contributed by atoms with Crippen molar-refractivity contribution < 1.29 is 24.0 Å². The van der Waals surface area contributed by atoms with Crippen LogP contribution in [0.4, 0.5) is 11.5 Å². The van der Waals surface area contributed by atoms with Crippen LogP contribution in [0, 0.1) is 10.1 Å². The molecule has 1 aromatic heterocycles. The number of ether oxygens (including phenoxy) is 1. The number of benzene rings is 1. The molecule has 2 rings (SSSR count). The Morgan fingerprint density at radius 3 is 2.69 bits per heavy atom. The second-order valence-electron chi connectivity index (χ2n) is 6.07. The Labute approximate surface area is 170 Å². The normalized spacial score (nSPS) is 10.5. The van der Waals surface area contributed by atoms with Gasteiger partial charge in [-0.25, -0.2) is 4.68 Å². The minimum Gasteiger partial charge on any atom is -0.454 e. The van der Waals surface area contributed by atoms with Gasteiger partial charge in [-0.1, -0.05) is 11.6 Å². The van der Waals surface area contributed by atoms with Gasteiger partial charge in [0.15, 0.2) is 6.61 Å². The van der Waals surface area contributed by atoms with Crippen LogP contribution in [0.5, 0.6) is 0 Å². The molecule has 2 N–H and O–H groups in total. The van der Waals surface area contributed by atoms with E-state index in [0.29, 0.717) is 5.82 Å². The van der Waals surface area contributed by atoms with Gasteiger partial charge in [-0.3, -0.25) is 24.5 Å². The van der Waals surface area contributed by atoms with Crippen LogP contribution in [0.3, 0.4) is 0 Å². The smallest absolute Gasteiger partial charge is 0.325 e. The Hall–Kier alpha value is -3.47. The molecule has 0 radical (unpaired) electrons. The molecular weight excluding hydrogens is 406 g/mol. The molecule has 0 atom stereocenters. The summed E-state index contributed by atoms with van der Waals surface area (Å²) in [5, 5.41) is 19.6. The van der Waals surface area contributed by atoms with Gasteiger partial charge in [0, 0.05) is 23.7 Å². The first-order valence-corrected chi connectivity index (χ1v) is 8.78. The predicted molar refractivity (Wildman–Crippen MR) is 103 cm³/mol. The number of aromatic nitrogens is 2. The lowest BCUT2D eigenvalue weighted by molar-refractivity contribution is -0.384. The highest BCUT2D eigenvalue weighted by atomic mass is 35.5. The molecule has 12 heteroatoms. The molecule has 0 aliphatic heterocycles. The summed E-state index contributed by atoms with van der Waals surface area (Å²) in [6, 6.07) is 5.11. The zero-order chi connectivity index (χ0) is 21.6. The monoisotopic (exact) mass is 423 g/mol. The lowest BCUT2D eigenvalue weighted by atomic mass is 10.2. The van der Waals surface area contributed by atoms with Gasteiger partial charge in [0.25, 0.3) is 17.5 Å². The topological polar surface area (TPSA) is 145 Å². The van der Waals surface area contributed by atoms with E-state index >= 15 is 0 Å². The summed E-state index contributed by atoms with van der Waals surface area (Å²) in [6.45, 7) is 2.71. The SMILES string of the molecule is CC(C)n1nccc1NC(=O)COC(=O)CNC(=O)c1ccc(Cl)c([N+](=O)[O-])c1. The van der Waals surface area contributed by atoms with Gasteiger partial charge in [0.1, 0.15) is 17.4 Å². The van der Waals surface area contributed by atoms with Crippen LogP contribution < -0.4 is 10.6 Å². The highest BCUT2D eigenvalue weighted by Crippen LogP contribution is 2.24. The van der Waals surface area contributed by atoms with Crippen LogP contribution >= 0.6 is 11.6 Å². The van der Waals surface area contributed by atoms with Gasteiger partial charge in [-0.15, -0.1) is 0 Å². The summed E-state index contributed by atoms with van der Waals surface area (Å²) >= 11 is 5.68. The fraction of sp³-hybridized carbons (Fsp3) is 0.294. The average Bonchev–Trinajstić information content (AvgIpc) is 3.12. The minimum atomic E-state index is -0.852. The van der Waals surface area contributed by atoms with Crippen molar-refractivity contribution in [2.45, 2.75) is 19.9 Å². The van der Waals surface area contributed by atoms with E-state index in [0.717, 1.165) is 6.07 Å². The van der Waals surface area contributed by atoms with Gasteiger partial charge in [0.05, 0.1) is 11.1 Å². The molecule has 29 heavy (non-hydrogen) atoms. The fourth-order valence-corrected chi connectivity index (χ4v) is 2.44. The molecule has 0 saturated heterocycles. The van der Waals surface area contributed by atoms with Crippen molar-refractivity contribution in [3.8, 4) is 0 Å². The molecule has 2 aromatic rings. The lowest BCUT2D eigenvalue weighted by Gasteiger charge is -2.12. The number of nitro groups is 1. The number of rotatable bonds is 8. The summed E-state index contributed by atoms with van der Waals surface area (Å²) in [7, 11) is 0. The van der Waals surface area contributed by atoms with E-state index in [4.69, 9.17) is 16.3 Å². The number of anilines is 1. The number of nitro benzene ring substituents is 1. The Kier molecular flexibility index (Phi) is 7.26. The summed E-state index contributed by atoms with van der Waals surface area (Å²) < 4.78 is 6.38. The van der Waals surface area contributed by atoms with Crippen molar-refractivity contribution >= 4 is 40.9 Å². The van der Waals surface area contributed by atoms with Crippen molar-refractivity contribution in [3.63, 3.8) is 0 Å². The second-order valence-corrected chi connectivity index (χ2v) is 6.48. The van der Waals surface area contributed by atoms with Crippen LogP contribution in [-0.2, 0) is 14.3 Å². The molecule has 1 heterocycles. The molecule has 0 saturated carbocycles.